The van der Waals surface area contributed by atoms with E-state index >= 15 is 0 Å². The molecule has 1 saturated carbocycles. The number of aromatic nitrogens is 2. The van der Waals surface area contributed by atoms with E-state index in [4.69, 9.17) is 9.47 Å². The summed E-state index contributed by atoms with van der Waals surface area (Å²) in [6.07, 6.45) is -0.586. The van der Waals surface area contributed by atoms with Crippen molar-refractivity contribution in [2.45, 2.75) is 75.5 Å². The fourth-order valence-corrected chi connectivity index (χ4v) is 7.03. The summed E-state index contributed by atoms with van der Waals surface area (Å²) in [7, 11) is -2.11. The highest BCUT2D eigenvalue weighted by molar-refractivity contribution is 7.92. The van der Waals surface area contributed by atoms with Crippen LogP contribution >= 0.6 is 0 Å². The zero-order valence-corrected chi connectivity index (χ0v) is 23.8. The first kappa shape index (κ1) is 29.6. The van der Waals surface area contributed by atoms with Crippen LogP contribution in [0.25, 0.3) is 0 Å². The average Bonchev–Trinajstić information content (AvgIpc) is 2.84. The zero-order valence-electron chi connectivity index (χ0n) is 23.0. The SMILES string of the molecule is CN(CC1CN(C(=O)OC(C)(C)C)CCS1(=O)=O)c1cc(N2CCOC3(CCCCC3)C2)nc(C(F)(F)F)n1. The van der Waals surface area contributed by atoms with Crippen LogP contribution in [0.1, 0.15) is 58.7 Å². The van der Waals surface area contributed by atoms with Crippen molar-refractivity contribution in [3.63, 3.8) is 0 Å². The molecular weight excluding hydrogens is 539 g/mol. The molecule has 0 aromatic carbocycles. The van der Waals surface area contributed by atoms with Crippen molar-refractivity contribution >= 4 is 27.6 Å². The Morgan fingerprint density at radius 1 is 1.18 bits per heavy atom. The third kappa shape index (κ3) is 7.24. The van der Waals surface area contributed by atoms with Crippen molar-refractivity contribution in [3.8, 4) is 0 Å². The smallest absolute Gasteiger partial charge is 0.444 e. The minimum Gasteiger partial charge on any atom is -0.444 e. The van der Waals surface area contributed by atoms with Crippen LogP contribution in [0.4, 0.5) is 29.6 Å². The van der Waals surface area contributed by atoms with Gasteiger partial charge in [0.05, 0.1) is 23.2 Å². The first-order valence-electron chi connectivity index (χ1n) is 13.3. The quantitative estimate of drug-likeness (QED) is 0.532. The lowest BCUT2D eigenvalue weighted by Crippen LogP contribution is -2.54. The summed E-state index contributed by atoms with van der Waals surface area (Å²) in [5.41, 5.74) is -1.14. The van der Waals surface area contributed by atoms with Gasteiger partial charge in [0.15, 0.2) is 9.84 Å². The molecule has 0 radical (unpaired) electrons. The van der Waals surface area contributed by atoms with Crippen LogP contribution in [0.2, 0.25) is 0 Å². The fraction of sp³-hybridized carbons (Fsp3) is 0.800. The molecule has 2 aliphatic heterocycles. The Bertz CT molecular complexity index is 1150. The third-order valence-corrected chi connectivity index (χ3v) is 9.45. The van der Waals surface area contributed by atoms with Gasteiger partial charge in [-0.15, -0.1) is 0 Å². The van der Waals surface area contributed by atoms with Gasteiger partial charge in [0.2, 0.25) is 5.82 Å². The molecule has 3 fully saturated rings. The maximum absolute atomic E-state index is 13.8. The van der Waals surface area contributed by atoms with Gasteiger partial charge >= 0.3 is 12.3 Å². The van der Waals surface area contributed by atoms with E-state index in [2.05, 4.69) is 9.97 Å². The highest BCUT2D eigenvalue weighted by atomic mass is 32.2. The van der Waals surface area contributed by atoms with E-state index in [-0.39, 0.29) is 37.0 Å². The molecule has 1 amide bonds. The number of carbonyl (C=O) groups excluding carboxylic acids is 1. The highest BCUT2D eigenvalue weighted by Gasteiger charge is 2.41. The number of ether oxygens (including phenoxy) is 2. The van der Waals surface area contributed by atoms with Gasteiger partial charge in [-0.1, -0.05) is 19.3 Å². The molecule has 0 N–H and O–H groups in total. The van der Waals surface area contributed by atoms with Gasteiger partial charge in [0.25, 0.3) is 0 Å². The summed E-state index contributed by atoms with van der Waals surface area (Å²) in [4.78, 5) is 24.7. The van der Waals surface area contributed by atoms with E-state index in [9.17, 15) is 26.4 Å². The summed E-state index contributed by atoms with van der Waals surface area (Å²) >= 11 is 0. The molecule has 1 atom stereocenters. The van der Waals surface area contributed by atoms with E-state index < -0.39 is 44.4 Å². The fourth-order valence-electron chi connectivity index (χ4n) is 5.36. The van der Waals surface area contributed by atoms with Crippen molar-refractivity contribution < 1.29 is 35.9 Å². The molecule has 3 aliphatic rings. The molecule has 3 heterocycles. The van der Waals surface area contributed by atoms with Gasteiger partial charge < -0.3 is 24.2 Å². The lowest BCUT2D eigenvalue weighted by atomic mass is 9.83. The van der Waals surface area contributed by atoms with Gasteiger partial charge in [0.1, 0.15) is 17.2 Å². The highest BCUT2D eigenvalue weighted by Crippen LogP contribution is 2.37. The van der Waals surface area contributed by atoms with Crippen LogP contribution in [-0.4, -0.2) is 98.0 Å². The minimum atomic E-state index is -4.79. The summed E-state index contributed by atoms with van der Waals surface area (Å²) in [6, 6.07) is 1.47. The minimum absolute atomic E-state index is 0.00782. The van der Waals surface area contributed by atoms with Gasteiger partial charge in [-0.3, -0.25) is 0 Å². The van der Waals surface area contributed by atoms with Crippen LogP contribution in [0.5, 0.6) is 0 Å². The van der Waals surface area contributed by atoms with Crippen LogP contribution in [-0.2, 0) is 25.5 Å². The van der Waals surface area contributed by atoms with Crippen LogP contribution < -0.4 is 9.80 Å². The molecule has 1 unspecified atom stereocenters. The number of morpholine rings is 1. The average molecular weight is 578 g/mol. The molecule has 4 rings (SSSR count). The van der Waals surface area contributed by atoms with E-state index in [1.165, 1.54) is 22.9 Å². The summed E-state index contributed by atoms with van der Waals surface area (Å²) in [5.74, 6) is -1.45. The lowest BCUT2D eigenvalue weighted by Gasteiger charge is -2.45. The molecule has 0 bridgehead atoms. The number of rotatable bonds is 4. The molecule has 220 valence electrons. The second kappa shape index (κ2) is 10.9. The molecular formula is C25H38F3N5O5S. The van der Waals surface area contributed by atoms with Crippen molar-refractivity contribution in [1.82, 2.24) is 14.9 Å². The largest absolute Gasteiger partial charge is 0.451 e. The Balaban J connectivity index is 1.57. The van der Waals surface area contributed by atoms with Crippen LogP contribution in [0, 0.1) is 0 Å². The van der Waals surface area contributed by atoms with Crippen molar-refractivity contribution in [3.05, 3.63) is 11.9 Å². The number of hydrogen-bond donors (Lipinski definition) is 0. The first-order valence-corrected chi connectivity index (χ1v) is 15.0. The Morgan fingerprint density at radius 3 is 2.51 bits per heavy atom. The predicted molar refractivity (Wildman–Crippen MR) is 140 cm³/mol. The number of sulfone groups is 1. The third-order valence-electron chi connectivity index (χ3n) is 7.39. The number of alkyl halides is 3. The Kier molecular flexibility index (Phi) is 8.28. The Labute approximate surface area is 227 Å². The molecule has 14 heteroatoms. The summed E-state index contributed by atoms with van der Waals surface area (Å²) in [5, 5.41) is -1.02. The number of hydrogen-bond acceptors (Lipinski definition) is 9. The summed E-state index contributed by atoms with van der Waals surface area (Å²) in [6.45, 7) is 6.07. The lowest BCUT2D eigenvalue weighted by molar-refractivity contribution is -0.144. The number of halogens is 3. The first-order chi connectivity index (χ1) is 18.1. The summed E-state index contributed by atoms with van der Waals surface area (Å²) < 4.78 is 78.7. The van der Waals surface area contributed by atoms with Gasteiger partial charge in [-0.05, 0) is 33.6 Å². The Morgan fingerprint density at radius 2 is 1.87 bits per heavy atom. The number of carbonyl (C=O) groups is 1. The van der Waals surface area contributed by atoms with Crippen LogP contribution in [0.15, 0.2) is 6.07 Å². The zero-order chi connectivity index (χ0) is 28.6. The predicted octanol–water partition coefficient (Wildman–Crippen LogP) is 3.51. The number of amides is 1. The molecule has 39 heavy (non-hydrogen) atoms. The maximum Gasteiger partial charge on any atom is 0.451 e. The van der Waals surface area contributed by atoms with Crippen LogP contribution in [0.3, 0.4) is 0 Å². The second-order valence-corrected chi connectivity index (χ2v) is 14.1. The van der Waals surface area contributed by atoms with Gasteiger partial charge in [-0.25, -0.2) is 23.2 Å². The van der Waals surface area contributed by atoms with E-state index in [1.807, 2.05) is 4.90 Å². The normalized spacial score (nSPS) is 23.5. The van der Waals surface area contributed by atoms with Crippen molar-refractivity contribution in [1.29, 1.82) is 0 Å². The Hall–Kier alpha value is -2.35. The monoisotopic (exact) mass is 577 g/mol. The molecule has 10 nitrogen and oxygen atoms in total. The molecule has 2 saturated heterocycles. The second-order valence-electron chi connectivity index (χ2n) is 11.7. The van der Waals surface area contributed by atoms with Gasteiger partial charge in [-0.2, -0.15) is 13.2 Å². The standard InChI is InChI=1S/C25H38F3N5O5S/c1-23(2,3)38-22(34)32-11-13-39(35,36)18(16-32)15-31(4)19-14-20(30-21(29-19)25(26,27)28)33-10-12-37-24(17-33)8-6-5-7-9-24/h14,18H,5-13,15-17H2,1-4H3. The molecule has 1 aromatic heterocycles. The topological polar surface area (TPSA) is 105 Å². The molecule has 1 aromatic rings. The number of nitrogens with zero attached hydrogens (tertiary/aromatic N) is 5. The van der Waals surface area contributed by atoms with Gasteiger partial charge in [0, 0.05) is 45.8 Å². The molecule has 1 aliphatic carbocycles. The van der Waals surface area contributed by atoms with Crippen molar-refractivity contribution in [2.75, 3.05) is 61.9 Å². The van der Waals surface area contributed by atoms with E-state index in [0.717, 1.165) is 32.1 Å². The number of anilines is 2. The maximum atomic E-state index is 13.8. The van der Waals surface area contributed by atoms with Crippen molar-refractivity contribution in [2.24, 2.45) is 0 Å². The van der Waals surface area contributed by atoms with E-state index in [0.29, 0.717) is 19.7 Å². The molecule has 1 spiro atoms. The van der Waals surface area contributed by atoms with E-state index in [1.54, 1.807) is 20.8 Å².